The summed E-state index contributed by atoms with van der Waals surface area (Å²) in [6, 6.07) is 8.69. The van der Waals surface area contributed by atoms with Gasteiger partial charge in [0.15, 0.2) is 0 Å². The van der Waals surface area contributed by atoms with Crippen molar-refractivity contribution < 1.29 is 4.39 Å². The summed E-state index contributed by atoms with van der Waals surface area (Å²) in [5, 5.41) is 0. The van der Waals surface area contributed by atoms with Gasteiger partial charge in [0.1, 0.15) is 11.6 Å². The van der Waals surface area contributed by atoms with Gasteiger partial charge < -0.3 is 10.6 Å². The molecule has 0 saturated carbocycles. The number of halogens is 1. The topological polar surface area (TPSA) is 42.1 Å². The van der Waals surface area contributed by atoms with E-state index in [4.69, 9.17) is 5.73 Å². The summed E-state index contributed by atoms with van der Waals surface area (Å²) in [5.74, 6) is 0.616. The van der Waals surface area contributed by atoms with Crippen molar-refractivity contribution in [1.29, 1.82) is 0 Å². The zero-order chi connectivity index (χ0) is 13.4. The first-order valence-electron chi connectivity index (χ1n) is 6.43. The summed E-state index contributed by atoms with van der Waals surface area (Å²) in [6.45, 7) is 2.75. The third kappa shape index (κ3) is 2.08. The molecule has 1 aliphatic rings. The quantitative estimate of drug-likeness (QED) is 0.899. The van der Waals surface area contributed by atoms with Crippen molar-refractivity contribution in [2.45, 2.75) is 19.4 Å². The number of anilines is 2. The van der Waals surface area contributed by atoms with Crippen LogP contribution in [0.2, 0.25) is 0 Å². The van der Waals surface area contributed by atoms with Gasteiger partial charge in [-0.1, -0.05) is 12.1 Å². The Bertz CT molecular complexity index is 610. The van der Waals surface area contributed by atoms with Crippen molar-refractivity contribution in [2.75, 3.05) is 11.4 Å². The Kier molecular flexibility index (Phi) is 2.95. The fourth-order valence-electron chi connectivity index (χ4n) is 2.56. The van der Waals surface area contributed by atoms with Gasteiger partial charge in [-0.25, -0.2) is 9.37 Å². The maximum Gasteiger partial charge on any atom is 0.137 e. The smallest absolute Gasteiger partial charge is 0.137 e. The molecule has 2 heterocycles. The first kappa shape index (κ1) is 12.1. The Morgan fingerprint density at radius 1 is 1.37 bits per heavy atom. The van der Waals surface area contributed by atoms with Crippen LogP contribution in [-0.2, 0) is 6.42 Å². The lowest BCUT2D eigenvalue weighted by Crippen LogP contribution is -2.19. The van der Waals surface area contributed by atoms with E-state index in [2.05, 4.69) is 9.88 Å². The average Bonchev–Trinajstić information content (AvgIpc) is 2.81. The highest BCUT2D eigenvalue weighted by molar-refractivity contribution is 5.69. The van der Waals surface area contributed by atoms with Gasteiger partial charge in [0.25, 0.3) is 0 Å². The maximum absolute atomic E-state index is 13.4. The highest BCUT2D eigenvalue weighted by Crippen LogP contribution is 2.36. The van der Waals surface area contributed by atoms with E-state index < -0.39 is 0 Å². The number of fused-ring (bicyclic) bond motifs is 1. The average molecular weight is 257 g/mol. The number of rotatable bonds is 2. The summed E-state index contributed by atoms with van der Waals surface area (Å²) in [7, 11) is 0. The van der Waals surface area contributed by atoms with Crippen LogP contribution < -0.4 is 10.6 Å². The molecule has 1 atom stereocenters. The van der Waals surface area contributed by atoms with Crippen LogP contribution in [0.3, 0.4) is 0 Å². The Morgan fingerprint density at radius 2 is 2.21 bits per heavy atom. The number of aromatic nitrogens is 1. The molecule has 1 aromatic carbocycles. The van der Waals surface area contributed by atoms with Crippen molar-refractivity contribution in [3.8, 4) is 0 Å². The molecule has 4 heteroatoms. The van der Waals surface area contributed by atoms with E-state index >= 15 is 0 Å². The summed E-state index contributed by atoms with van der Waals surface area (Å²) in [4.78, 5) is 6.49. The van der Waals surface area contributed by atoms with Crippen LogP contribution in [-0.4, -0.2) is 11.5 Å². The van der Waals surface area contributed by atoms with Crippen molar-refractivity contribution in [3.05, 3.63) is 53.5 Å². The predicted molar refractivity (Wildman–Crippen MR) is 73.9 cm³/mol. The van der Waals surface area contributed by atoms with E-state index in [0.29, 0.717) is 0 Å². The Hall–Kier alpha value is -1.94. The number of pyridine rings is 1. The minimum atomic E-state index is -0.219. The normalized spacial score (nSPS) is 15.4. The van der Waals surface area contributed by atoms with E-state index in [9.17, 15) is 4.39 Å². The fourth-order valence-corrected chi connectivity index (χ4v) is 2.56. The number of hydrogen-bond acceptors (Lipinski definition) is 3. The summed E-state index contributed by atoms with van der Waals surface area (Å²) in [5.41, 5.74) is 9.04. The number of nitrogens with two attached hydrogens (primary N) is 1. The second-order valence-electron chi connectivity index (χ2n) is 4.88. The molecule has 0 fully saturated rings. The minimum Gasteiger partial charge on any atom is -0.325 e. The molecule has 3 nitrogen and oxygen atoms in total. The van der Waals surface area contributed by atoms with Crippen LogP contribution in [0, 0.1) is 5.82 Å². The van der Waals surface area contributed by atoms with Gasteiger partial charge >= 0.3 is 0 Å². The molecule has 19 heavy (non-hydrogen) atoms. The third-order valence-electron chi connectivity index (χ3n) is 3.51. The first-order chi connectivity index (χ1) is 9.16. The number of nitrogens with zero attached hydrogens (tertiary/aromatic N) is 2. The van der Waals surface area contributed by atoms with Crippen molar-refractivity contribution >= 4 is 11.5 Å². The van der Waals surface area contributed by atoms with Crippen LogP contribution >= 0.6 is 0 Å². The fraction of sp³-hybridized carbons (Fsp3) is 0.267. The zero-order valence-electron chi connectivity index (χ0n) is 10.8. The highest BCUT2D eigenvalue weighted by Gasteiger charge is 2.24. The van der Waals surface area contributed by atoms with Crippen LogP contribution in [0.4, 0.5) is 15.9 Å². The third-order valence-corrected chi connectivity index (χ3v) is 3.51. The van der Waals surface area contributed by atoms with Crippen LogP contribution in [0.5, 0.6) is 0 Å². The Morgan fingerprint density at radius 3 is 3.00 bits per heavy atom. The summed E-state index contributed by atoms with van der Waals surface area (Å²) >= 11 is 0. The van der Waals surface area contributed by atoms with Crippen molar-refractivity contribution in [3.63, 3.8) is 0 Å². The van der Waals surface area contributed by atoms with Gasteiger partial charge in [-0.2, -0.15) is 0 Å². The lowest BCUT2D eigenvalue weighted by molar-refractivity contribution is 0.628. The molecule has 2 aromatic rings. The second kappa shape index (κ2) is 4.63. The lowest BCUT2D eigenvalue weighted by Gasteiger charge is -2.22. The molecule has 2 N–H and O–H groups in total. The monoisotopic (exact) mass is 257 g/mol. The molecule has 0 saturated heterocycles. The predicted octanol–water partition coefficient (Wildman–Crippen LogP) is 2.93. The van der Waals surface area contributed by atoms with Gasteiger partial charge in [0.2, 0.25) is 0 Å². The second-order valence-corrected chi connectivity index (χ2v) is 4.88. The van der Waals surface area contributed by atoms with Crippen molar-refractivity contribution in [2.24, 2.45) is 5.73 Å². The molecule has 0 aliphatic carbocycles. The number of benzene rings is 1. The minimum absolute atomic E-state index is 0.0960. The van der Waals surface area contributed by atoms with E-state index in [1.807, 2.05) is 25.1 Å². The molecule has 1 unspecified atom stereocenters. The first-order valence-corrected chi connectivity index (χ1v) is 6.43. The van der Waals surface area contributed by atoms with E-state index in [0.717, 1.165) is 35.6 Å². The molecule has 3 rings (SSSR count). The number of hydrogen-bond donors (Lipinski definition) is 1. The van der Waals surface area contributed by atoms with Crippen molar-refractivity contribution in [1.82, 2.24) is 4.98 Å². The molecular weight excluding hydrogens is 241 g/mol. The Labute approximate surface area is 111 Å². The van der Waals surface area contributed by atoms with Gasteiger partial charge in [-0.3, -0.25) is 0 Å². The molecule has 0 bridgehead atoms. The molecule has 0 spiro atoms. The van der Waals surface area contributed by atoms with Crippen LogP contribution in [0.15, 0.2) is 36.5 Å². The Balaban J connectivity index is 2.09. The molecule has 98 valence electrons. The van der Waals surface area contributed by atoms with E-state index in [1.165, 1.54) is 6.07 Å². The lowest BCUT2D eigenvalue weighted by atomic mass is 10.1. The summed E-state index contributed by atoms with van der Waals surface area (Å²) in [6.07, 6.45) is 2.66. The van der Waals surface area contributed by atoms with E-state index in [1.54, 1.807) is 12.3 Å². The standard InChI is InChI=1S/C15H16FN3/c1-10(17)13-3-2-7-18-15(13)19-8-6-11-4-5-12(16)9-14(11)19/h2-5,7,9-10H,6,8,17H2,1H3. The van der Waals surface area contributed by atoms with Crippen LogP contribution in [0.25, 0.3) is 0 Å². The molecular formula is C15H16FN3. The van der Waals surface area contributed by atoms with Gasteiger partial charge in [-0.15, -0.1) is 0 Å². The SMILES string of the molecule is CC(N)c1cccnc1N1CCc2ccc(F)cc21. The largest absolute Gasteiger partial charge is 0.325 e. The molecule has 1 aliphatic heterocycles. The summed E-state index contributed by atoms with van der Waals surface area (Å²) < 4.78 is 13.4. The van der Waals surface area contributed by atoms with Gasteiger partial charge in [0, 0.05) is 30.0 Å². The highest BCUT2D eigenvalue weighted by atomic mass is 19.1. The zero-order valence-corrected chi connectivity index (χ0v) is 10.8. The molecule has 0 radical (unpaired) electrons. The van der Waals surface area contributed by atoms with Crippen LogP contribution in [0.1, 0.15) is 24.1 Å². The molecule has 1 aromatic heterocycles. The molecule has 0 amide bonds. The van der Waals surface area contributed by atoms with Gasteiger partial charge in [0.05, 0.1) is 0 Å². The maximum atomic E-state index is 13.4. The van der Waals surface area contributed by atoms with E-state index in [-0.39, 0.29) is 11.9 Å². The van der Waals surface area contributed by atoms with Gasteiger partial charge in [-0.05, 0) is 37.1 Å².